The van der Waals surface area contributed by atoms with Gasteiger partial charge >= 0.3 is 11.9 Å². The number of phenols is 1. The van der Waals surface area contributed by atoms with E-state index in [0.717, 1.165) is 18.4 Å². The molecule has 0 fully saturated rings. The molecule has 3 N–H and O–H groups in total. The Labute approximate surface area is 209 Å². The number of carboxylic acids is 2. The second-order valence-corrected chi connectivity index (χ2v) is 8.67. The third-order valence-electron chi connectivity index (χ3n) is 6.16. The maximum atomic E-state index is 12.4. The number of hydrogen-bond acceptors (Lipinski definition) is 4. The average Bonchev–Trinajstić information content (AvgIpc) is 3.21. The first-order chi connectivity index (χ1) is 17.4. The normalized spacial score (nSPS) is 10.9. The van der Waals surface area contributed by atoms with Gasteiger partial charge in [0.05, 0.1) is 11.3 Å². The van der Waals surface area contributed by atoms with Gasteiger partial charge in [0.15, 0.2) is 5.69 Å². The lowest BCUT2D eigenvalue weighted by Crippen LogP contribution is -2.14. The van der Waals surface area contributed by atoms with Gasteiger partial charge in [-0.05, 0) is 40.8 Å². The molecule has 0 spiro atoms. The van der Waals surface area contributed by atoms with Gasteiger partial charge < -0.3 is 19.9 Å². The molecule has 0 saturated heterocycles. The molecule has 184 valence electrons. The number of carboxylic acid groups (broad SMARTS) is 2. The smallest absolute Gasteiger partial charge is 0.354 e. The molecule has 0 amide bonds. The third kappa shape index (κ3) is 5.30. The summed E-state index contributed by atoms with van der Waals surface area (Å²) in [5, 5.41) is 30.2. The van der Waals surface area contributed by atoms with Crippen LogP contribution in [0.5, 0.6) is 5.75 Å². The second-order valence-electron chi connectivity index (χ2n) is 8.67. The lowest BCUT2D eigenvalue weighted by atomic mass is 9.97. The van der Waals surface area contributed by atoms with E-state index in [9.17, 15) is 24.9 Å². The van der Waals surface area contributed by atoms with Gasteiger partial charge in [0.1, 0.15) is 11.6 Å². The second kappa shape index (κ2) is 10.9. The Kier molecular flexibility index (Phi) is 7.49. The Hall–Kier alpha value is -4.39. The fourth-order valence-electron chi connectivity index (χ4n) is 4.37. The van der Waals surface area contributed by atoms with E-state index in [1.165, 1.54) is 0 Å². The number of nitrogens with zero attached hydrogens (tertiary/aromatic N) is 2. The minimum atomic E-state index is -1.12. The number of rotatable bonds is 10. The van der Waals surface area contributed by atoms with E-state index >= 15 is 0 Å². The van der Waals surface area contributed by atoms with E-state index in [-0.39, 0.29) is 30.0 Å². The first-order valence-electron chi connectivity index (χ1n) is 11.9. The van der Waals surface area contributed by atoms with Crippen molar-refractivity contribution >= 4 is 11.9 Å². The van der Waals surface area contributed by atoms with Gasteiger partial charge in [0.2, 0.25) is 0 Å². The molecule has 4 aromatic rings. The molecule has 0 radical (unpaired) electrons. The predicted molar refractivity (Wildman–Crippen MR) is 137 cm³/mol. The van der Waals surface area contributed by atoms with Crippen LogP contribution in [-0.2, 0) is 19.4 Å². The highest BCUT2D eigenvalue weighted by atomic mass is 16.4. The number of unbranched alkanes of at least 4 members (excludes halogenated alkanes) is 1. The molecule has 36 heavy (non-hydrogen) atoms. The van der Waals surface area contributed by atoms with Crippen molar-refractivity contribution in [3.8, 4) is 16.9 Å². The molecule has 0 aliphatic carbocycles. The zero-order valence-corrected chi connectivity index (χ0v) is 20.0. The van der Waals surface area contributed by atoms with Gasteiger partial charge in [-0.3, -0.25) is 0 Å². The third-order valence-corrected chi connectivity index (χ3v) is 6.16. The summed E-state index contributed by atoms with van der Waals surface area (Å²) in [6, 6.07) is 21.3. The minimum absolute atomic E-state index is 0.0494. The Morgan fingerprint density at radius 1 is 0.917 bits per heavy atom. The number of phenolic OH excluding ortho intramolecular Hbond substituents is 1. The molecule has 0 aliphatic heterocycles. The van der Waals surface area contributed by atoms with Crippen molar-refractivity contribution in [3.05, 3.63) is 107 Å². The fraction of sp³-hybridized carbons (Fsp3) is 0.207. The lowest BCUT2D eigenvalue weighted by molar-refractivity contribution is 0.0677. The maximum absolute atomic E-state index is 12.4. The predicted octanol–water partition coefficient (Wildman–Crippen LogP) is 5.63. The zero-order valence-electron chi connectivity index (χ0n) is 20.0. The standard InChI is InChI=1S/C29H28N2O5/c1-2-3-13-26-30-24(17-21-11-7-8-12-25(21)32)27(29(35)36)31(26)18-19-14-15-22(23(16-19)28(33)34)20-9-5-4-6-10-20/h4-12,14-16,32H,2-3,13,17-18H2,1H3,(H,33,34)(H,35,36). The van der Waals surface area contributed by atoms with Gasteiger partial charge in [-0.2, -0.15) is 0 Å². The molecule has 3 aromatic carbocycles. The highest BCUT2D eigenvalue weighted by Gasteiger charge is 2.24. The summed E-state index contributed by atoms with van der Waals surface area (Å²) in [5.74, 6) is -1.45. The van der Waals surface area contributed by atoms with Crippen LogP contribution in [0.2, 0.25) is 0 Å². The van der Waals surface area contributed by atoms with Crippen LogP contribution in [0.4, 0.5) is 0 Å². The topological polar surface area (TPSA) is 113 Å². The van der Waals surface area contributed by atoms with Gasteiger partial charge in [-0.25, -0.2) is 14.6 Å². The molecule has 0 unspecified atom stereocenters. The Bertz CT molecular complexity index is 1390. The summed E-state index contributed by atoms with van der Waals surface area (Å²) in [4.78, 5) is 29.2. The van der Waals surface area contributed by atoms with Crippen LogP contribution >= 0.6 is 0 Å². The minimum Gasteiger partial charge on any atom is -0.508 e. The molecule has 7 nitrogen and oxygen atoms in total. The molecule has 4 rings (SSSR count). The molecule has 1 aromatic heterocycles. The van der Waals surface area contributed by atoms with Crippen LogP contribution in [-0.4, -0.2) is 36.8 Å². The Morgan fingerprint density at radius 2 is 1.64 bits per heavy atom. The molecule has 0 saturated carbocycles. The average molecular weight is 485 g/mol. The summed E-state index contributed by atoms with van der Waals surface area (Å²) in [5.41, 5.74) is 3.22. The summed E-state index contributed by atoms with van der Waals surface area (Å²) in [6.45, 7) is 2.22. The van der Waals surface area contributed by atoms with Gasteiger partial charge in [0, 0.05) is 19.4 Å². The first-order valence-corrected chi connectivity index (χ1v) is 11.9. The van der Waals surface area contributed by atoms with Crippen molar-refractivity contribution in [1.29, 1.82) is 0 Å². The van der Waals surface area contributed by atoms with Gasteiger partial charge in [0.25, 0.3) is 0 Å². The number of aryl methyl sites for hydroxylation is 1. The van der Waals surface area contributed by atoms with E-state index in [4.69, 9.17) is 0 Å². The summed E-state index contributed by atoms with van der Waals surface area (Å²) < 4.78 is 1.66. The number of hydrogen-bond donors (Lipinski definition) is 3. The zero-order chi connectivity index (χ0) is 25.7. The van der Waals surface area contributed by atoms with E-state index < -0.39 is 11.9 Å². The number of benzene rings is 3. The first kappa shape index (κ1) is 24.7. The van der Waals surface area contributed by atoms with Crippen molar-refractivity contribution in [2.24, 2.45) is 0 Å². The SMILES string of the molecule is CCCCc1nc(Cc2ccccc2O)c(C(=O)O)n1Cc1ccc(-c2ccccc2)c(C(=O)O)c1. The van der Waals surface area contributed by atoms with Crippen LogP contribution in [0.1, 0.15) is 63.3 Å². The van der Waals surface area contributed by atoms with E-state index in [1.807, 2.05) is 36.4 Å². The molecule has 0 bridgehead atoms. The van der Waals surface area contributed by atoms with Gasteiger partial charge in [-0.15, -0.1) is 0 Å². The highest BCUT2D eigenvalue weighted by Crippen LogP contribution is 2.27. The molecule has 0 aliphatic rings. The molecule has 1 heterocycles. The van der Waals surface area contributed by atoms with Crippen molar-refractivity contribution in [2.45, 2.75) is 39.2 Å². The largest absolute Gasteiger partial charge is 0.508 e. The van der Waals surface area contributed by atoms with Crippen molar-refractivity contribution in [2.75, 3.05) is 0 Å². The van der Waals surface area contributed by atoms with Crippen LogP contribution in [0.25, 0.3) is 11.1 Å². The van der Waals surface area contributed by atoms with Crippen LogP contribution in [0.3, 0.4) is 0 Å². The number of aromatic carboxylic acids is 2. The maximum Gasteiger partial charge on any atom is 0.354 e. The monoisotopic (exact) mass is 484 g/mol. The number of carbonyl (C=O) groups is 2. The summed E-state index contributed by atoms with van der Waals surface area (Å²) >= 11 is 0. The van der Waals surface area contributed by atoms with Crippen LogP contribution in [0, 0.1) is 0 Å². The number of aromatic nitrogens is 2. The summed E-state index contributed by atoms with van der Waals surface area (Å²) in [6.07, 6.45) is 2.51. The van der Waals surface area contributed by atoms with Crippen LogP contribution in [0.15, 0.2) is 72.8 Å². The Balaban J connectivity index is 1.78. The van der Waals surface area contributed by atoms with E-state index in [2.05, 4.69) is 11.9 Å². The quantitative estimate of drug-likeness (QED) is 0.269. The highest BCUT2D eigenvalue weighted by molar-refractivity contribution is 5.96. The van der Waals surface area contributed by atoms with E-state index in [1.54, 1.807) is 41.0 Å². The Morgan fingerprint density at radius 3 is 2.31 bits per heavy atom. The van der Waals surface area contributed by atoms with E-state index in [0.29, 0.717) is 34.6 Å². The van der Waals surface area contributed by atoms with Crippen LogP contribution < -0.4 is 0 Å². The number of imidazole rings is 1. The summed E-state index contributed by atoms with van der Waals surface area (Å²) in [7, 11) is 0. The van der Waals surface area contributed by atoms with Gasteiger partial charge in [-0.1, -0.05) is 74.0 Å². The molecular weight excluding hydrogens is 456 g/mol. The molecule has 7 heteroatoms. The van der Waals surface area contributed by atoms with Crippen molar-refractivity contribution < 1.29 is 24.9 Å². The number of para-hydroxylation sites is 1. The fourth-order valence-corrected chi connectivity index (χ4v) is 4.37. The van der Waals surface area contributed by atoms with Crippen molar-refractivity contribution in [3.63, 3.8) is 0 Å². The van der Waals surface area contributed by atoms with Crippen molar-refractivity contribution in [1.82, 2.24) is 9.55 Å². The number of aromatic hydroxyl groups is 1. The molecule has 0 atom stereocenters. The lowest BCUT2D eigenvalue weighted by Gasteiger charge is -2.13. The molecular formula is C29H28N2O5.